The molecule has 0 amide bonds. The van der Waals surface area contributed by atoms with Gasteiger partial charge in [-0.25, -0.2) is 9.97 Å². The van der Waals surface area contributed by atoms with Gasteiger partial charge in [0.05, 0.1) is 18.2 Å². The summed E-state index contributed by atoms with van der Waals surface area (Å²) in [5.41, 5.74) is 2.04. The van der Waals surface area contributed by atoms with Crippen LogP contribution in [0.15, 0.2) is 59.7 Å². The Morgan fingerprint density at radius 3 is 2.43 bits per heavy atom. The van der Waals surface area contributed by atoms with E-state index in [1.54, 1.807) is 53.1 Å². The lowest BCUT2D eigenvalue weighted by Gasteiger charge is -2.30. The number of nitriles is 1. The Morgan fingerprint density at radius 2 is 1.77 bits per heavy atom. The number of carbonyl (C=O) groups is 2. The van der Waals surface area contributed by atoms with E-state index in [4.69, 9.17) is 10.00 Å². The number of carbonyl (C=O) groups excluding carboxylic acids is 2. The Balaban J connectivity index is 1.50. The number of ether oxygens (including phenoxy) is 1. The van der Waals surface area contributed by atoms with Crippen molar-refractivity contribution >= 4 is 22.7 Å². The molecule has 1 fully saturated rings. The Kier molecular flexibility index (Phi) is 5.54. The van der Waals surface area contributed by atoms with Crippen LogP contribution in [0.2, 0.25) is 0 Å². The number of nitrogens with zero attached hydrogens (tertiary/aromatic N) is 4. The quantitative estimate of drug-likeness (QED) is 0.360. The summed E-state index contributed by atoms with van der Waals surface area (Å²) in [6, 6.07) is 15.1. The van der Waals surface area contributed by atoms with E-state index in [1.807, 2.05) is 6.07 Å². The summed E-state index contributed by atoms with van der Waals surface area (Å²) in [4.78, 5) is 48.4. The zero-order valence-corrected chi connectivity index (χ0v) is 18.0. The highest BCUT2D eigenvalue weighted by Gasteiger charge is 2.43. The number of Topliss-reactive ketones (excluding diaryl/α,β-unsaturated/α-hetero) is 2. The second-order valence-electron chi connectivity index (χ2n) is 7.89. The highest BCUT2D eigenvalue weighted by molar-refractivity contribution is 6.41. The number of benzene rings is 2. The number of aliphatic hydroxyl groups excluding tert-OH is 2. The molecule has 3 heterocycles. The highest BCUT2D eigenvalue weighted by Crippen LogP contribution is 2.29. The number of nitrogens with one attached hydrogen (secondary N) is 1. The van der Waals surface area contributed by atoms with Gasteiger partial charge in [0.15, 0.2) is 11.2 Å². The molecule has 1 aliphatic rings. The molecule has 4 aromatic rings. The van der Waals surface area contributed by atoms with Gasteiger partial charge < -0.3 is 19.9 Å². The number of rotatable bonds is 4. The fourth-order valence-corrected chi connectivity index (χ4v) is 3.88. The molecule has 5 rings (SSSR count). The lowest BCUT2D eigenvalue weighted by molar-refractivity contribution is -0.174. The van der Waals surface area contributed by atoms with Crippen LogP contribution < -0.4 is 5.56 Å². The summed E-state index contributed by atoms with van der Waals surface area (Å²) in [5.74, 6) is -1.67. The first-order valence-corrected chi connectivity index (χ1v) is 10.5. The van der Waals surface area contributed by atoms with Crippen LogP contribution in [0.1, 0.15) is 17.2 Å². The highest BCUT2D eigenvalue weighted by atomic mass is 16.5. The van der Waals surface area contributed by atoms with Crippen LogP contribution in [0.25, 0.3) is 28.2 Å². The molecule has 11 nitrogen and oxygen atoms in total. The van der Waals surface area contributed by atoms with Gasteiger partial charge in [0, 0.05) is 11.3 Å². The topological polar surface area (TPSA) is 171 Å². The maximum absolute atomic E-state index is 12.6. The Hall–Kier alpha value is -4.50. The van der Waals surface area contributed by atoms with Crippen LogP contribution in [-0.2, 0) is 14.3 Å². The van der Waals surface area contributed by atoms with E-state index in [-0.39, 0.29) is 11.3 Å². The maximum Gasteiger partial charge on any atom is 0.279 e. The third-order valence-electron chi connectivity index (χ3n) is 5.76. The second-order valence-corrected chi connectivity index (χ2v) is 7.89. The molecule has 0 spiro atoms. The van der Waals surface area contributed by atoms with Crippen LogP contribution >= 0.6 is 0 Å². The fraction of sp³-hybridized carbons (Fsp3) is 0.167. The minimum Gasteiger partial charge on any atom is -0.394 e. The molecular weight excluding hydrogens is 454 g/mol. The lowest BCUT2D eigenvalue weighted by Crippen LogP contribution is -2.50. The maximum atomic E-state index is 12.6. The molecular formula is C24H17N5O6. The van der Waals surface area contributed by atoms with Gasteiger partial charge >= 0.3 is 0 Å². The van der Waals surface area contributed by atoms with Crippen molar-refractivity contribution in [2.45, 2.75) is 18.3 Å². The summed E-state index contributed by atoms with van der Waals surface area (Å²) in [7, 11) is 0. The van der Waals surface area contributed by atoms with Gasteiger partial charge in [0.1, 0.15) is 30.5 Å². The van der Waals surface area contributed by atoms with Crippen LogP contribution in [0.4, 0.5) is 0 Å². The van der Waals surface area contributed by atoms with Crippen LogP contribution in [-0.4, -0.2) is 60.1 Å². The monoisotopic (exact) mass is 471 g/mol. The number of aliphatic hydroxyl groups is 2. The minimum absolute atomic E-state index is 0.142. The van der Waals surface area contributed by atoms with Gasteiger partial charge in [-0.3, -0.25) is 19.0 Å². The predicted molar refractivity (Wildman–Crippen MR) is 120 cm³/mol. The molecule has 2 aromatic carbocycles. The van der Waals surface area contributed by atoms with E-state index in [2.05, 4.69) is 15.0 Å². The molecule has 2 aromatic heterocycles. The van der Waals surface area contributed by atoms with E-state index >= 15 is 0 Å². The van der Waals surface area contributed by atoms with Gasteiger partial charge in [-0.2, -0.15) is 5.26 Å². The largest absolute Gasteiger partial charge is 0.394 e. The molecule has 0 saturated carbocycles. The number of ketones is 2. The molecule has 0 aliphatic carbocycles. The molecule has 3 atom stereocenters. The SMILES string of the molecule is N#Cc1ccc(-n2cnc3c(=O)[nH]c(-c4ccc(C5OC(CO)C(O)C(=O)C5=O)cc4)nc32)cc1. The van der Waals surface area contributed by atoms with Gasteiger partial charge in [0.2, 0.25) is 11.6 Å². The molecule has 11 heteroatoms. The summed E-state index contributed by atoms with van der Waals surface area (Å²) < 4.78 is 7.06. The van der Waals surface area contributed by atoms with Crippen molar-refractivity contribution in [2.75, 3.05) is 6.61 Å². The van der Waals surface area contributed by atoms with Gasteiger partial charge in [-0.1, -0.05) is 24.3 Å². The van der Waals surface area contributed by atoms with Crippen LogP contribution in [0, 0.1) is 11.3 Å². The number of H-pyrrole nitrogens is 1. The molecule has 35 heavy (non-hydrogen) atoms. The third-order valence-corrected chi connectivity index (χ3v) is 5.76. The molecule has 3 N–H and O–H groups in total. The molecule has 0 radical (unpaired) electrons. The van der Waals surface area contributed by atoms with Crippen LogP contribution in [0.5, 0.6) is 0 Å². The zero-order chi connectivity index (χ0) is 24.7. The number of hydrogen-bond acceptors (Lipinski definition) is 9. The van der Waals surface area contributed by atoms with E-state index in [0.29, 0.717) is 28.0 Å². The molecule has 1 aliphatic heterocycles. The number of aromatic amines is 1. The first-order chi connectivity index (χ1) is 16.9. The van der Waals surface area contributed by atoms with Crippen LogP contribution in [0.3, 0.4) is 0 Å². The Labute approximate surface area is 196 Å². The normalized spacial score (nSPS) is 20.2. The predicted octanol–water partition coefficient (Wildman–Crippen LogP) is 0.579. The molecule has 3 unspecified atom stereocenters. The second kappa shape index (κ2) is 8.69. The van der Waals surface area contributed by atoms with E-state index in [0.717, 1.165) is 0 Å². The first-order valence-electron chi connectivity index (χ1n) is 10.5. The Morgan fingerprint density at radius 1 is 1.06 bits per heavy atom. The summed E-state index contributed by atoms with van der Waals surface area (Å²) in [5, 5.41) is 28.1. The van der Waals surface area contributed by atoms with Crippen molar-refractivity contribution in [1.82, 2.24) is 19.5 Å². The average Bonchev–Trinajstić information content (AvgIpc) is 3.32. The van der Waals surface area contributed by atoms with Crippen molar-refractivity contribution < 1.29 is 24.5 Å². The zero-order valence-electron chi connectivity index (χ0n) is 18.0. The molecule has 0 bridgehead atoms. The van der Waals surface area contributed by atoms with Crippen molar-refractivity contribution in [1.29, 1.82) is 5.26 Å². The number of imidazole rings is 1. The molecule has 174 valence electrons. The molecule has 1 saturated heterocycles. The number of hydrogen-bond donors (Lipinski definition) is 3. The van der Waals surface area contributed by atoms with E-state index in [9.17, 15) is 24.6 Å². The van der Waals surface area contributed by atoms with Gasteiger partial charge in [-0.05, 0) is 29.8 Å². The number of fused-ring (bicyclic) bond motifs is 1. The van der Waals surface area contributed by atoms with E-state index < -0.39 is 42.0 Å². The summed E-state index contributed by atoms with van der Waals surface area (Å²) in [6.45, 7) is -0.618. The minimum atomic E-state index is -1.70. The van der Waals surface area contributed by atoms with Crippen molar-refractivity contribution in [3.05, 3.63) is 76.3 Å². The van der Waals surface area contributed by atoms with Crippen molar-refractivity contribution in [3.8, 4) is 23.1 Å². The number of aromatic nitrogens is 4. The standard InChI is InChI=1S/C24H17N5O6/c25-9-12-1-7-15(8-2-12)29-11-26-17-23(29)27-22(28-24(17)34)14-5-3-13(4-6-14)21-20(33)19(32)18(31)16(10-30)35-21/h1-8,11,16,18,21,30-31H,10H2,(H,27,28,34). The fourth-order valence-electron chi connectivity index (χ4n) is 3.88. The van der Waals surface area contributed by atoms with Gasteiger partial charge in [0.25, 0.3) is 5.56 Å². The van der Waals surface area contributed by atoms with Crippen molar-refractivity contribution in [2.24, 2.45) is 0 Å². The summed E-state index contributed by atoms with van der Waals surface area (Å²) >= 11 is 0. The smallest absolute Gasteiger partial charge is 0.279 e. The average molecular weight is 471 g/mol. The Bertz CT molecular complexity index is 1550. The third kappa shape index (κ3) is 3.81. The summed E-state index contributed by atoms with van der Waals surface area (Å²) in [6.07, 6.45) is -2.70. The van der Waals surface area contributed by atoms with E-state index in [1.165, 1.54) is 6.33 Å². The van der Waals surface area contributed by atoms with Gasteiger partial charge in [-0.15, -0.1) is 0 Å². The van der Waals surface area contributed by atoms with Crippen molar-refractivity contribution in [3.63, 3.8) is 0 Å². The first kappa shape index (κ1) is 22.3. The lowest BCUT2D eigenvalue weighted by atomic mass is 9.93.